The van der Waals surface area contributed by atoms with Crippen molar-refractivity contribution in [1.82, 2.24) is 0 Å². The molecule has 0 heterocycles. The third kappa shape index (κ3) is 2.97. The molecular weight excluding hydrogens is 252 g/mol. The quantitative estimate of drug-likeness (QED) is 0.741. The van der Waals surface area contributed by atoms with Gasteiger partial charge in [-0.1, -0.05) is 28.1 Å². The van der Waals surface area contributed by atoms with E-state index in [2.05, 4.69) is 34.1 Å². The van der Waals surface area contributed by atoms with Gasteiger partial charge < -0.3 is 4.74 Å². The zero-order valence-corrected chi connectivity index (χ0v) is 10.7. The zero-order chi connectivity index (χ0) is 10.7. The lowest BCUT2D eigenvalue weighted by molar-refractivity contribution is 0.413. The average molecular weight is 269 g/mol. The number of hydrogen-bond acceptors (Lipinski definition) is 1. The van der Waals surface area contributed by atoms with Crippen molar-refractivity contribution < 1.29 is 4.74 Å². The highest BCUT2D eigenvalue weighted by atomic mass is 79.9. The van der Waals surface area contributed by atoms with E-state index < -0.39 is 0 Å². The fourth-order valence-corrected chi connectivity index (χ4v) is 2.77. The van der Waals surface area contributed by atoms with Gasteiger partial charge in [0.05, 0.1) is 7.11 Å². The predicted octanol–water partition coefficient (Wildman–Crippen LogP) is 3.66. The van der Waals surface area contributed by atoms with Crippen molar-refractivity contribution >= 4 is 15.9 Å². The molecule has 0 saturated heterocycles. The van der Waals surface area contributed by atoms with Gasteiger partial charge in [0.2, 0.25) is 0 Å². The van der Waals surface area contributed by atoms with Gasteiger partial charge in [-0.25, -0.2) is 0 Å². The monoisotopic (exact) mass is 268 g/mol. The number of ether oxygens (including phenoxy) is 1. The Labute approximate surface area is 100.0 Å². The Morgan fingerprint density at radius 1 is 1.47 bits per heavy atom. The first-order valence-electron chi connectivity index (χ1n) is 5.52. The van der Waals surface area contributed by atoms with Gasteiger partial charge >= 0.3 is 0 Å². The Morgan fingerprint density at radius 2 is 2.27 bits per heavy atom. The minimum Gasteiger partial charge on any atom is -0.497 e. The fourth-order valence-electron chi connectivity index (χ4n) is 2.02. The highest BCUT2D eigenvalue weighted by molar-refractivity contribution is 9.09. The first kappa shape index (κ1) is 11.0. The summed E-state index contributed by atoms with van der Waals surface area (Å²) in [5.74, 6) is 2.73. The smallest absolute Gasteiger partial charge is 0.119 e. The summed E-state index contributed by atoms with van der Waals surface area (Å²) >= 11 is 3.62. The predicted molar refractivity (Wildman–Crippen MR) is 66.7 cm³/mol. The second kappa shape index (κ2) is 5.02. The zero-order valence-electron chi connectivity index (χ0n) is 9.08. The van der Waals surface area contributed by atoms with E-state index in [0.717, 1.165) is 22.9 Å². The van der Waals surface area contributed by atoms with Gasteiger partial charge in [0.25, 0.3) is 0 Å². The number of alkyl halides is 1. The molecule has 1 fully saturated rings. The molecule has 1 unspecified atom stereocenters. The summed E-state index contributed by atoms with van der Waals surface area (Å²) in [4.78, 5) is 0. The maximum atomic E-state index is 5.23. The third-order valence-electron chi connectivity index (χ3n) is 3.12. The number of hydrogen-bond donors (Lipinski definition) is 0. The number of rotatable bonds is 5. The van der Waals surface area contributed by atoms with Crippen LogP contribution in [0.3, 0.4) is 0 Å². The number of halogens is 1. The van der Waals surface area contributed by atoms with Crippen molar-refractivity contribution in [3.8, 4) is 5.75 Å². The molecule has 15 heavy (non-hydrogen) atoms. The standard InChI is InChI=1S/C13H17BrO/c1-15-13-4-2-3-10(8-13)7-12(9-14)11-5-6-11/h2-4,8,11-12H,5-7,9H2,1H3. The largest absolute Gasteiger partial charge is 0.497 e. The lowest BCUT2D eigenvalue weighted by atomic mass is 9.97. The van der Waals surface area contributed by atoms with Crippen LogP contribution in [0.4, 0.5) is 0 Å². The molecule has 1 aliphatic rings. The molecule has 0 radical (unpaired) electrons. The molecule has 1 aliphatic carbocycles. The lowest BCUT2D eigenvalue weighted by Gasteiger charge is -2.13. The summed E-state index contributed by atoms with van der Waals surface area (Å²) in [5.41, 5.74) is 1.39. The average Bonchev–Trinajstić information content (AvgIpc) is 3.10. The van der Waals surface area contributed by atoms with Gasteiger partial charge in [0.15, 0.2) is 0 Å². The highest BCUT2D eigenvalue weighted by Crippen LogP contribution is 2.39. The third-order valence-corrected chi connectivity index (χ3v) is 3.95. The molecule has 0 aliphatic heterocycles. The molecule has 1 nitrogen and oxygen atoms in total. The Morgan fingerprint density at radius 3 is 2.87 bits per heavy atom. The van der Waals surface area contributed by atoms with Crippen molar-refractivity contribution in [2.45, 2.75) is 19.3 Å². The Kier molecular flexibility index (Phi) is 3.68. The molecule has 1 atom stereocenters. The molecule has 2 rings (SSSR count). The van der Waals surface area contributed by atoms with Crippen LogP contribution in [-0.2, 0) is 6.42 Å². The first-order chi connectivity index (χ1) is 7.33. The van der Waals surface area contributed by atoms with Gasteiger partial charge in [0, 0.05) is 5.33 Å². The number of methoxy groups -OCH3 is 1. The van der Waals surface area contributed by atoms with Crippen molar-refractivity contribution in [3.63, 3.8) is 0 Å². The van der Waals surface area contributed by atoms with E-state index in [1.807, 2.05) is 6.07 Å². The maximum absolute atomic E-state index is 5.23. The molecule has 0 aromatic heterocycles. The van der Waals surface area contributed by atoms with Crippen molar-refractivity contribution in [2.24, 2.45) is 11.8 Å². The summed E-state index contributed by atoms with van der Waals surface area (Å²) in [5, 5.41) is 1.12. The fraction of sp³-hybridized carbons (Fsp3) is 0.538. The summed E-state index contributed by atoms with van der Waals surface area (Å²) < 4.78 is 5.23. The summed E-state index contributed by atoms with van der Waals surface area (Å²) in [6, 6.07) is 8.43. The lowest BCUT2D eigenvalue weighted by Crippen LogP contribution is -2.08. The van der Waals surface area contributed by atoms with Crippen molar-refractivity contribution in [2.75, 3.05) is 12.4 Å². The van der Waals surface area contributed by atoms with Crippen LogP contribution in [-0.4, -0.2) is 12.4 Å². The maximum Gasteiger partial charge on any atom is 0.119 e. The van der Waals surface area contributed by atoms with Crippen LogP contribution in [0, 0.1) is 11.8 Å². The van der Waals surface area contributed by atoms with Gasteiger partial charge in [-0.15, -0.1) is 0 Å². The van der Waals surface area contributed by atoms with E-state index in [-0.39, 0.29) is 0 Å². The van der Waals surface area contributed by atoms with E-state index >= 15 is 0 Å². The topological polar surface area (TPSA) is 9.23 Å². The first-order valence-corrected chi connectivity index (χ1v) is 6.64. The van der Waals surface area contributed by atoms with Gasteiger partial charge in [-0.2, -0.15) is 0 Å². The molecule has 0 bridgehead atoms. The van der Waals surface area contributed by atoms with Crippen LogP contribution in [0.5, 0.6) is 5.75 Å². The molecule has 0 N–H and O–H groups in total. The molecule has 1 saturated carbocycles. The Bertz CT molecular complexity index is 320. The minimum absolute atomic E-state index is 0.803. The SMILES string of the molecule is COc1cccc(CC(CBr)C2CC2)c1. The molecule has 82 valence electrons. The molecule has 0 spiro atoms. The normalized spacial score (nSPS) is 17.5. The van der Waals surface area contributed by atoms with Crippen LogP contribution in [0.1, 0.15) is 18.4 Å². The van der Waals surface area contributed by atoms with E-state index in [4.69, 9.17) is 4.74 Å². The van der Waals surface area contributed by atoms with Crippen LogP contribution >= 0.6 is 15.9 Å². The van der Waals surface area contributed by atoms with Crippen LogP contribution in [0.15, 0.2) is 24.3 Å². The number of benzene rings is 1. The summed E-state index contributed by atoms with van der Waals surface area (Å²) in [6.45, 7) is 0. The van der Waals surface area contributed by atoms with Crippen LogP contribution < -0.4 is 4.74 Å². The van der Waals surface area contributed by atoms with Crippen LogP contribution in [0.2, 0.25) is 0 Å². The Hall–Kier alpha value is -0.500. The van der Waals surface area contributed by atoms with E-state index in [0.29, 0.717) is 0 Å². The molecule has 1 aromatic rings. The van der Waals surface area contributed by atoms with E-state index in [9.17, 15) is 0 Å². The molecule has 0 amide bonds. The van der Waals surface area contributed by atoms with E-state index in [1.54, 1.807) is 7.11 Å². The second-order valence-corrected chi connectivity index (χ2v) is 4.95. The molecule has 2 heteroatoms. The van der Waals surface area contributed by atoms with Crippen molar-refractivity contribution in [3.05, 3.63) is 29.8 Å². The van der Waals surface area contributed by atoms with Gasteiger partial charge in [-0.05, 0) is 48.8 Å². The highest BCUT2D eigenvalue weighted by Gasteiger charge is 2.30. The second-order valence-electron chi connectivity index (χ2n) is 4.31. The Balaban J connectivity index is 2.01. The van der Waals surface area contributed by atoms with Crippen LogP contribution in [0.25, 0.3) is 0 Å². The van der Waals surface area contributed by atoms with Gasteiger partial charge in [0.1, 0.15) is 5.75 Å². The van der Waals surface area contributed by atoms with Crippen molar-refractivity contribution in [1.29, 1.82) is 0 Å². The van der Waals surface area contributed by atoms with E-state index in [1.165, 1.54) is 24.8 Å². The summed E-state index contributed by atoms with van der Waals surface area (Å²) in [7, 11) is 1.72. The molecule has 1 aromatic carbocycles. The molecular formula is C13H17BrO. The minimum atomic E-state index is 0.803. The van der Waals surface area contributed by atoms with Gasteiger partial charge in [-0.3, -0.25) is 0 Å². The summed E-state index contributed by atoms with van der Waals surface area (Å²) in [6.07, 6.45) is 4.01.